The Hall–Kier alpha value is -0.830. The molecule has 0 aromatic heterocycles. The molecule has 0 aromatic rings. The van der Waals surface area contributed by atoms with Crippen molar-refractivity contribution < 1.29 is 4.79 Å². The molecule has 1 fully saturated rings. The van der Waals surface area contributed by atoms with Crippen LogP contribution in [0.15, 0.2) is 12.2 Å². The Balaban J connectivity index is 1.53. The first kappa shape index (κ1) is 9.71. The maximum atomic E-state index is 11.4. The van der Waals surface area contributed by atoms with Crippen molar-refractivity contribution in [3.63, 3.8) is 0 Å². The van der Waals surface area contributed by atoms with Gasteiger partial charge in [-0.15, -0.1) is 0 Å². The first-order valence-electron chi connectivity index (χ1n) is 5.49. The maximum Gasteiger partial charge on any atom is 0.234 e. The number of rotatable bonds is 5. The van der Waals surface area contributed by atoms with Crippen molar-refractivity contribution in [3.8, 4) is 0 Å². The summed E-state index contributed by atoms with van der Waals surface area (Å²) in [6.07, 6.45) is 8.91. The largest absolute Gasteiger partial charge is 0.352 e. The highest BCUT2D eigenvalue weighted by molar-refractivity contribution is 5.78. The van der Waals surface area contributed by atoms with Gasteiger partial charge in [-0.2, -0.15) is 0 Å². The molecule has 1 saturated carbocycles. The highest BCUT2D eigenvalue weighted by Gasteiger charge is 2.20. The molecular weight excluding hydrogens is 176 g/mol. The fraction of sp³-hybridized carbons (Fsp3) is 0.727. The second-order valence-corrected chi connectivity index (χ2v) is 4.28. The van der Waals surface area contributed by atoms with E-state index >= 15 is 0 Å². The smallest absolute Gasteiger partial charge is 0.234 e. The summed E-state index contributed by atoms with van der Waals surface area (Å²) in [6, 6.07) is 0.352. The van der Waals surface area contributed by atoms with Gasteiger partial charge in [-0.05, 0) is 38.1 Å². The van der Waals surface area contributed by atoms with Crippen LogP contribution in [-0.2, 0) is 4.79 Å². The first-order valence-corrected chi connectivity index (χ1v) is 5.49. The molecule has 0 aliphatic heterocycles. The van der Waals surface area contributed by atoms with Gasteiger partial charge in [-0.25, -0.2) is 0 Å². The number of nitrogens with one attached hydrogen (secondary N) is 2. The summed E-state index contributed by atoms with van der Waals surface area (Å²) >= 11 is 0. The summed E-state index contributed by atoms with van der Waals surface area (Å²) in [4.78, 5) is 11.4. The van der Waals surface area contributed by atoms with E-state index < -0.39 is 0 Å². The van der Waals surface area contributed by atoms with Gasteiger partial charge in [0.15, 0.2) is 0 Å². The highest BCUT2D eigenvalue weighted by Crippen LogP contribution is 2.27. The molecule has 14 heavy (non-hydrogen) atoms. The zero-order valence-corrected chi connectivity index (χ0v) is 8.46. The van der Waals surface area contributed by atoms with Crippen molar-refractivity contribution in [1.82, 2.24) is 10.6 Å². The monoisotopic (exact) mass is 194 g/mol. The lowest BCUT2D eigenvalue weighted by Crippen LogP contribution is -2.39. The Morgan fingerprint density at radius 2 is 2.00 bits per heavy atom. The van der Waals surface area contributed by atoms with E-state index in [9.17, 15) is 4.79 Å². The predicted octanol–water partition coefficient (Wildman–Crippen LogP) is 0.821. The molecule has 0 spiro atoms. The zero-order valence-electron chi connectivity index (χ0n) is 8.46. The molecule has 2 aliphatic carbocycles. The fourth-order valence-corrected chi connectivity index (χ4v) is 1.73. The van der Waals surface area contributed by atoms with Crippen LogP contribution in [0.5, 0.6) is 0 Å². The van der Waals surface area contributed by atoms with Crippen molar-refractivity contribution in [3.05, 3.63) is 12.2 Å². The molecule has 0 aromatic carbocycles. The molecule has 2 N–H and O–H groups in total. The third-order valence-electron chi connectivity index (χ3n) is 2.79. The minimum absolute atomic E-state index is 0.138. The highest BCUT2D eigenvalue weighted by atomic mass is 16.1. The van der Waals surface area contributed by atoms with E-state index in [0.29, 0.717) is 12.6 Å². The molecule has 2 aliphatic rings. The lowest BCUT2D eigenvalue weighted by molar-refractivity contribution is -0.120. The molecule has 0 atom stereocenters. The second-order valence-electron chi connectivity index (χ2n) is 4.28. The number of hydrogen-bond acceptors (Lipinski definition) is 2. The Kier molecular flexibility index (Phi) is 3.19. The first-order chi connectivity index (χ1) is 6.84. The summed E-state index contributed by atoms with van der Waals surface area (Å²) in [6.45, 7) is 1.49. The standard InChI is InChI=1S/C11H18N2O/c14-11(8-12-7-9-5-6-9)13-10-3-1-2-4-10/h1-2,9-10,12H,3-8H2,(H,13,14). The summed E-state index contributed by atoms with van der Waals surface area (Å²) in [5.74, 6) is 0.982. The molecule has 0 heterocycles. The van der Waals surface area contributed by atoms with Gasteiger partial charge in [0.2, 0.25) is 5.91 Å². The van der Waals surface area contributed by atoms with Crippen LogP contribution >= 0.6 is 0 Å². The van der Waals surface area contributed by atoms with Gasteiger partial charge in [0.25, 0.3) is 0 Å². The average molecular weight is 194 g/mol. The molecule has 0 saturated heterocycles. The summed E-state index contributed by atoms with van der Waals surface area (Å²) < 4.78 is 0. The molecule has 0 bridgehead atoms. The quantitative estimate of drug-likeness (QED) is 0.636. The molecule has 3 nitrogen and oxygen atoms in total. The molecule has 2 rings (SSSR count). The predicted molar refractivity (Wildman–Crippen MR) is 55.9 cm³/mol. The van der Waals surface area contributed by atoms with E-state index in [1.165, 1.54) is 12.8 Å². The van der Waals surface area contributed by atoms with E-state index in [4.69, 9.17) is 0 Å². The topological polar surface area (TPSA) is 41.1 Å². The Labute approximate surface area is 84.9 Å². The van der Waals surface area contributed by atoms with Gasteiger partial charge in [-0.3, -0.25) is 4.79 Å². The van der Waals surface area contributed by atoms with Crippen LogP contribution in [0.25, 0.3) is 0 Å². The normalized spacial score (nSPS) is 21.4. The lowest BCUT2D eigenvalue weighted by Gasteiger charge is -2.12. The van der Waals surface area contributed by atoms with Crippen molar-refractivity contribution >= 4 is 5.91 Å². The van der Waals surface area contributed by atoms with E-state index in [1.807, 2.05) is 0 Å². The summed E-state index contributed by atoms with van der Waals surface area (Å²) in [5.41, 5.74) is 0. The van der Waals surface area contributed by atoms with Crippen molar-refractivity contribution in [1.29, 1.82) is 0 Å². The molecule has 78 valence electrons. The van der Waals surface area contributed by atoms with Crippen LogP contribution in [0, 0.1) is 5.92 Å². The van der Waals surface area contributed by atoms with Crippen LogP contribution < -0.4 is 10.6 Å². The van der Waals surface area contributed by atoms with Gasteiger partial charge in [-0.1, -0.05) is 12.2 Å². The number of amides is 1. The third-order valence-corrected chi connectivity index (χ3v) is 2.79. The Morgan fingerprint density at radius 3 is 2.64 bits per heavy atom. The van der Waals surface area contributed by atoms with Crippen molar-refractivity contribution in [2.75, 3.05) is 13.1 Å². The van der Waals surface area contributed by atoms with Crippen LogP contribution in [0.1, 0.15) is 25.7 Å². The van der Waals surface area contributed by atoms with Gasteiger partial charge in [0.05, 0.1) is 6.54 Å². The molecular formula is C11H18N2O. The van der Waals surface area contributed by atoms with Crippen LogP contribution in [-0.4, -0.2) is 25.0 Å². The van der Waals surface area contributed by atoms with Crippen LogP contribution in [0.4, 0.5) is 0 Å². The Bertz CT molecular complexity index is 225. The van der Waals surface area contributed by atoms with Crippen molar-refractivity contribution in [2.24, 2.45) is 5.92 Å². The van der Waals surface area contributed by atoms with Crippen molar-refractivity contribution in [2.45, 2.75) is 31.7 Å². The number of carbonyl (C=O) groups excluding carboxylic acids is 1. The Morgan fingerprint density at radius 1 is 1.29 bits per heavy atom. The van der Waals surface area contributed by atoms with Gasteiger partial charge >= 0.3 is 0 Å². The van der Waals surface area contributed by atoms with Gasteiger partial charge < -0.3 is 10.6 Å². The van der Waals surface area contributed by atoms with E-state index in [0.717, 1.165) is 25.3 Å². The molecule has 0 radical (unpaired) electrons. The SMILES string of the molecule is O=C(CNCC1CC1)NC1CC=CC1. The molecule has 0 unspecified atom stereocenters. The number of carbonyl (C=O) groups is 1. The zero-order chi connectivity index (χ0) is 9.80. The van der Waals surface area contributed by atoms with E-state index in [1.54, 1.807) is 0 Å². The minimum atomic E-state index is 0.138. The van der Waals surface area contributed by atoms with Gasteiger partial charge in [0.1, 0.15) is 0 Å². The van der Waals surface area contributed by atoms with E-state index in [2.05, 4.69) is 22.8 Å². The second kappa shape index (κ2) is 4.60. The minimum Gasteiger partial charge on any atom is -0.352 e. The van der Waals surface area contributed by atoms with Crippen LogP contribution in [0.3, 0.4) is 0 Å². The molecule has 1 amide bonds. The molecule has 3 heteroatoms. The third kappa shape index (κ3) is 3.14. The summed E-state index contributed by atoms with van der Waals surface area (Å²) in [7, 11) is 0. The summed E-state index contributed by atoms with van der Waals surface area (Å²) in [5, 5.41) is 6.20. The number of hydrogen-bond donors (Lipinski definition) is 2. The van der Waals surface area contributed by atoms with E-state index in [-0.39, 0.29) is 5.91 Å². The van der Waals surface area contributed by atoms with Gasteiger partial charge in [0, 0.05) is 6.04 Å². The fourth-order valence-electron chi connectivity index (χ4n) is 1.73. The lowest BCUT2D eigenvalue weighted by atomic mass is 10.2. The maximum absolute atomic E-state index is 11.4. The van der Waals surface area contributed by atoms with Crippen LogP contribution in [0.2, 0.25) is 0 Å². The average Bonchev–Trinajstić information content (AvgIpc) is 2.83.